The Morgan fingerprint density at radius 1 is 1.17 bits per heavy atom. The lowest BCUT2D eigenvalue weighted by molar-refractivity contribution is -0.116. The number of thioether (sulfide) groups is 1. The topological polar surface area (TPSA) is 81.1 Å². The molecular weight excluding hydrogens is 398 g/mol. The van der Waals surface area contributed by atoms with Crippen molar-refractivity contribution in [3.63, 3.8) is 0 Å². The van der Waals surface area contributed by atoms with E-state index in [0.717, 1.165) is 24.2 Å². The van der Waals surface area contributed by atoms with Crippen molar-refractivity contribution in [3.8, 4) is 5.75 Å². The van der Waals surface area contributed by atoms with Gasteiger partial charge in [0.05, 0.1) is 13.2 Å². The van der Waals surface area contributed by atoms with E-state index in [-0.39, 0.29) is 11.9 Å². The number of benzene rings is 2. The molecule has 0 aliphatic carbocycles. The van der Waals surface area contributed by atoms with Crippen LogP contribution in [0, 0.1) is 0 Å². The van der Waals surface area contributed by atoms with Gasteiger partial charge in [-0.25, -0.2) is 4.68 Å². The third kappa shape index (κ3) is 4.00. The van der Waals surface area contributed by atoms with Crippen LogP contribution in [0.15, 0.2) is 53.7 Å². The third-order valence-electron chi connectivity index (χ3n) is 5.16. The van der Waals surface area contributed by atoms with Gasteiger partial charge in [0.2, 0.25) is 11.1 Å². The second-order valence-electron chi connectivity index (χ2n) is 7.05. The molecule has 0 saturated carbocycles. The Balaban J connectivity index is 1.65. The summed E-state index contributed by atoms with van der Waals surface area (Å²) >= 11 is 1.43. The molecule has 2 atom stereocenters. The van der Waals surface area contributed by atoms with Crippen LogP contribution in [0.1, 0.15) is 36.8 Å². The van der Waals surface area contributed by atoms with Gasteiger partial charge in [-0.3, -0.25) is 4.79 Å². The Morgan fingerprint density at radius 3 is 2.67 bits per heavy atom. The molecule has 156 valence electrons. The normalized spacial score (nSPS) is 17.7. The molecule has 0 radical (unpaired) electrons. The molecule has 0 saturated heterocycles. The van der Waals surface area contributed by atoms with Crippen LogP contribution < -0.4 is 15.5 Å². The summed E-state index contributed by atoms with van der Waals surface area (Å²) in [7, 11) is 1.61. The van der Waals surface area contributed by atoms with Crippen LogP contribution >= 0.6 is 11.8 Å². The predicted molar refractivity (Wildman–Crippen MR) is 119 cm³/mol. The SMILES string of the molecule is CCc1ccc([C@@H]2Nn3c(CC)nnc3S[C@@H]2C(=O)Nc2cccc(OC)c2)cc1. The Bertz CT molecular complexity index is 1030. The molecule has 2 heterocycles. The smallest absolute Gasteiger partial charge is 0.240 e. The van der Waals surface area contributed by atoms with Crippen LogP contribution in [0.25, 0.3) is 0 Å². The number of hydrogen-bond donors (Lipinski definition) is 2. The summed E-state index contributed by atoms with van der Waals surface area (Å²) in [5.41, 5.74) is 6.48. The second kappa shape index (κ2) is 8.79. The number of anilines is 1. The fraction of sp³-hybridized carbons (Fsp3) is 0.318. The summed E-state index contributed by atoms with van der Waals surface area (Å²) in [6.45, 7) is 4.17. The molecule has 0 unspecified atom stereocenters. The largest absolute Gasteiger partial charge is 0.497 e. The molecule has 1 aromatic heterocycles. The Kier molecular flexibility index (Phi) is 5.94. The van der Waals surface area contributed by atoms with E-state index in [1.165, 1.54) is 17.3 Å². The molecule has 2 N–H and O–H groups in total. The third-order valence-corrected chi connectivity index (χ3v) is 6.38. The highest BCUT2D eigenvalue weighted by molar-refractivity contribution is 8.00. The zero-order chi connectivity index (χ0) is 21.1. The number of aryl methyl sites for hydroxylation is 2. The molecule has 1 aliphatic rings. The highest BCUT2D eigenvalue weighted by Gasteiger charge is 2.37. The van der Waals surface area contributed by atoms with E-state index in [2.05, 4.69) is 52.1 Å². The van der Waals surface area contributed by atoms with Crippen LogP contribution in [0.3, 0.4) is 0 Å². The summed E-state index contributed by atoms with van der Waals surface area (Å²) in [6.07, 6.45) is 1.73. The lowest BCUT2D eigenvalue weighted by atomic mass is 10.0. The van der Waals surface area contributed by atoms with Gasteiger partial charge in [-0.2, -0.15) is 0 Å². The number of amides is 1. The number of fused-ring (bicyclic) bond motifs is 1. The van der Waals surface area contributed by atoms with Crippen molar-refractivity contribution in [2.24, 2.45) is 0 Å². The molecule has 0 bridgehead atoms. The first-order valence-electron chi connectivity index (χ1n) is 10.0. The van der Waals surface area contributed by atoms with E-state index in [4.69, 9.17) is 4.74 Å². The van der Waals surface area contributed by atoms with Crippen molar-refractivity contribution in [2.75, 3.05) is 17.9 Å². The van der Waals surface area contributed by atoms with Gasteiger partial charge < -0.3 is 15.5 Å². The molecule has 0 spiro atoms. The van der Waals surface area contributed by atoms with Gasteiger partial charge in [0.15, 0.2) is 5.82 Å². The molecule has 30 heavy (non-hydrogen) atoms. The minimum atomic E-state index is -0.412. The lowest BCUT2D eigenvalue weighted by Gasteiger charge is -2.33. The molecule has 0 fully saturated rings. The number of aromatic nitrogens is 3. The first-order valence-corrected chi connectivity index (χ1v) is 10.9. The number of ether oxygens (including phenoxy) is 1. The van der Waals surface area contributed by atoms with Crippen molar-refractivity contribution in [1.29, 1.82) is 0 Å². The van der Waals surface area contributed by atoms with Crippen LogP contribution in [0.2, 0.25) is 0 Å². The average molecular weight is 424 g/mol. The standard InChI is InChI=1S/C22H25N5O2S/c1-4-14-9-11-15(12-10-14)19-20(30-22-25-24-18(5-2)27(22)26-19)21(28)23-16-7-6-8-17(13-16)29-3/h6-13,19-20,26H,4-5H2,1-3H3,(H,23,28)/t19-,20-/m0/s1. The van der Waals surface area contributed by atoms with Crippen molar-refractivity contribution >= 4 is 23.4 Å². The van der Waals surface area contributed by atoms with Gasteiger partial charge >= 0.3 is 0 Å². The number of rotatable bonds is 6. The fourth-order valence-corrected chi connectivity index (χ4v) is 4.55. The average Bonchev–Trinajstić information content (AvgIpc) is 3.20. The molecule has 1 aliphatic heterocycles. The maximum absolute atomic E-state index is 13.3. The van der Waals surface area contributed by atoms with Crippen molar-refractivity contribution < 1.29 is 9.53 Å². The van der Waals surface area contributed by atoms with Crippen LogP contribution in [-0.4, -0.2) is 33.1 Å². The maximum Gasteiger partial charge on any atom is 0.240 e. The zero-order valence-electron chi connectivity index (χ0n) is 17.3. The van der Waals surface area contributed by atoms with Gasteiger partial charge in [-0.05, 0) is 29.7 Å². The van der Waals surface area contributed by atoms with Crippen LogP contribution in [0.5, 0.6) is 5.75 Å². The van der Waals surface area contributed by atoms with E-state index < -0.39 is 5.25 Å². The monoisotopic (exact) mass is 423 g/mol. The summed E-state index contributed by atoms with van der Waals surface area (Å²) in [5.74, 6) is 1.44. The number of carbonyl (C=O) groups excluding carboxylic acids is 1. The number of nitrogens with zero attached hydrogens (tertiary/aromatic N) is 3. The van der Waals surface area contributed by atoms with Gasteiger partial charge in [0.1, 0.15) is 11.0 Å². The van der Waals surface area contributed by atoms with Crippen molar-refractivity contribution in [3.05, 3.63) is 65.5 Å². The summed E-state index contributed by atoms with van der Waals surface area (Å²) in [5, 5.41) is 11.8. The molecule has 8 heteroatoms. The Hall–Kier alpha value is -3.00. The van der Waals surface area contributed by atoms with E-state index in [0.29, 0.717) is 16.6 Å². The quantitative estimate of drug-likeness (QED) is 0.628. The molecule has 2 aromatic carbocycles. The van der Waals surface area contributed by atoms with Gasteiger partial charge in [0.25, 0.3) is 0 Å². The Labute approximate surface area is 180 Å². The molecule has 7 nitrogen and oxygen atoms in total. The first-order chi connectivity index (χ1) is 14.6. The number of nitrogens with one attached hydrogen (secondary N) is 2. The minimum Gasteiger partial charge on any atom is -0.497 e. The van der Waals surface area contributed by atoms with Crippen LogP contribution in [0.4, 0.5) is 5.69 Å². The fourth-order valence-electron chi connectivity index (χ4n) is 3.45. The Morgan fingerprint density at radius 2 is 1.97 bits per heavy atom. The summed E-state index contributed by atoms with van der Waals surface area (Å²) in [6, 6.07) is 15.5. The zero-order valence-corrected chi connectivity index (χ0v) is 18.1. The van der Waals surface area contributed by atoms with Crippen LogP contribution in [-0.2, 0) is 17.6 Å². The minimum absolute atomic E-state index is 0.0994. The highest BCUT2D eigenvalue weighted by atomic mass is 32.2. The number of hydrogen-bond acceptors (Lipinski definition) is 6. The second-order valence-corrected chi connectivity index (χ2v) is 8.16. The molecular formula is C22H25N5O2S. The van der Waals surface area contributed by atoms with E-state index in [1.807, 2.05) is 35.9 Å². The van der Waals surface area contributed by atoms with Gasteiger partial charge in [-0.1, -0.05) is 55.9 Å². The summed E-state index contributed by atoms with van der Waals surface area (Å²) < 4.78 is 7.17. The summed E-state index contributed by atoms with van der Waals surface area (Å²) in [4.78, 5) is 13.3. The molecule has 1 amide bonds. The number of methoxy groups -OCH3 is 1. The first kappa shape index (κ1) is 20.3. The molecule has 3 aromatic rings. The van der Waals surface area contributed by atoms with E-state index >= 15 is 0 Å². The lowest BCUT2D eigenvalue weighted by Crippen LogP contribution is -2.41. The van der Waals surface area contributed by atoms with E-state index in [1.54, 1.807) is 7.11 Å². The van der Waals surface area contributed by atoms with Crippen molar-refractivity contribution in [1.82, 2.24) is 14.9 Å². The van der Waals surface area contributed by atoms with Gasteiger partial charge in [0, 0.05) is 18.2 Å². The van der Waals surface area contributed by atoms with Gasteiger partial charge in [-0.15, -0.1) is 10.2 Å². The number of carbonyl (C=O) groups is 1. The molecule has 4 rings (SSSR count). The highest BCUT2D eigenvalue weighted by Crippen LogP contribution is 2.37. The van der Waals surface area contributed by atoms with E-state index in [9.17, 15) is 4.79 Å². The van der Waals surface area contributed by atoms with Crippen molar-refractivity contribution in [2.45, 2.75) is 43.1 Å². The maximum atomic E-state index is 13.3. The predicted octanol–water partition coefficient (Wildman–Crippen LogP) is 3.81.